The topological polar surface area (TPSA) is 140 Å². The van der Waals surface area contributed by atoms with E-state index in [1.54, 1.807) is 23.0 Å². The van der Waals surface area contributed by atoms with Crippen LogP contribution in [0, 0.1) is 30.1 Å². The Hall–Kier alpha value is -5.26. The number of rotatable bonds is 7. The van der Waals surface area contributed by atoms with Crippen LogP contribution in [-0.4, -0.2) is 53.1 Å². The predicted molar refractivity (Wildman–Crippen MR) is 182 cm³/mol. The number of carbonyl (C=O) groups excluding carboxylic acids is 1. The van der Waals surface area contributed by atoms with Gasteiger partial charge in [-0.1, -0.05) is 12.1 Å². The highest BCUT2D eigenvalue weighted by atomic mass is 16.7. The SMILES string of the molecule is Cc1c(-c2ccc(N3CCc4cccc(C(=O)Nc5cn6ncccc6n5)c4C3)nc2OC(=O)O)cnn1CC12CC3CC(CC(C3)C1)C2. The summed E-state index contributed by atoms with van der Waals surface area (Å²) in [5.74, 6) is 3.33. The molecular formula is C37H38N8O4. The van der Waals surface area contributed by atoms with Gasteiger partial charge in [0.1, 0.15) is 5.82 Å². The average molecular weight is 659 g/mol. The normalized spacial score (nSPS) is 23.9. The molecule has 10 rings (SSSR count). The van der Waals surface area contributed by atoms with E-state index in [2.05, 4.69) is 31.9 Å². The van der Waals surface area contributed by atoms with Crippen LogP contribution in [0.2, 0.25) is 0 Å². The minimum absolute atomic E-state index is 0.0275. The van der Waals surface area contributed by atoms with Gasteiger partial charge in [-0.25, -0.2) is 14.3 Å². The molecule has 4 saturated carbocycles. The molecule has 4 fully saturated rings. The van der Waals surface area contributed by atoms with Crippen molar-refractivity contribution < 1.29 is 19.4 Å². The van der Waals surface area contributed by atoms with Gasteiger partial charge in [0.2, 0.25) is 5.88 Å². The predicted octanol–water partition coefficient (Wildman–Crippen LogP) is 6.38. The molecule has 2 N–H and O–H groups in total. The van der Waals surface area contributed by atoms with Gasteiger partial charge in [-0.15, -0.1) is 0 Å². The number of nitrogens with zero attached hydrogens (tertiary/aromatic N) is 7. The highest BCUT2D eigenvalue weighted by molar-refractivity contribution is 6.05. The molecule has 250 valence electrons. The van der Waals surface area contributed by atoms with Gasteiger partial charge in [0, 0.05) is 48.2 Å². The number of imidazole rings is 1. The van der Waals surface area contributed by atoms with Crippen molar-refractivity contribution >= 4 is 29.3 Å². The molecule has 12 nitrogen and oxygen atoms in total. The van der Waals surface area contributed by atoms with E-state index >= 15 is 0 Å². The molecule has 1 amide bonds. The van der Waals surface area contributed by atoms with Crippen LogP contribution in [0.1, 0.15) is 65.7 Å². The van der Waals surface area contributed by atoms with Crippen molar-refractivity contribution in [2.45, 2.75) is 65.0 Å². The van der Waals surface area contributed by atoms with Crippen molar-refractivity contribution in [3.05, 3.63) is 83.4 Å². The molecule has 0 saturated heterocycles. The maximum Gasteiger partial charge on any atom is 0.512 e. The average Bonchev–Trinajstić information content (AvgIpc) is 3.65. The van der Waals surface area contributed by atoms with Crippen LogP contribution in [0.5, 0.6) is 5.88 Å². The van der Waals surface area contributed by atoms with Gasteiger partial charge in [0.05, 0.1) is 12.4 Å². The zero-order chi connectivity index (χ0) is 33.3. The minimum atomic E-state index is -1.42. The molecule has 1 aromatic carbocycles. The second-order valence-electron chi connectivity index (χ2n) is 14.6. The van der Waals surface area contributed by atoms with Gasteiger partial charge in [-0.2, -0.15) is 15.2 Å². The van der Waals surface area contributed by atoms with E-state index in [1.165, 1.54) is 38.5 Å². The van der Waals surface area contributed by atoms with Crippen molar-refractivity contribution in [1.29, 1.82) is 0 Å². The van der Waals surface area contributed by atoms with Crippen LogP contribution in [0.3, 0.4) is 0 Å². The Labute approximate surface area is 283 Å². The molecule has 0 atom stereocenters. The smallest absolute Gasteiger partial charge is 0.449 e. The quantitative estimate of drug-likeness (QED) is 0.191. The summed E-state index contributed by atoms with van der Waals surface area (Å²) in [7, 11) is 0. The lowest BCUT2D eigenvalue weighted by Gasteiger charge is -2.56. The maximum absolute atomic E-state index is 13.5. The van der Waals surface area contributed by atoms with Gasteiger partial charge in [0.25, 0.3) is 5.91 Å². The van der Waals surface area contributed by atoms with Gasteiger partial charge in [0.15, 0.2) is 11.5 Å². The molecule has 0 spiro atoms. The fraction of sp³-hybridized carbons (Fsp3) is 0.405. The van der Waals surface area contributed by atoms with Gasteiger partial charge in [-0.05, 0) is 116 Å². The first kappa shape index (κ1) is 29.8. The molecule has 0 unspecified atom stereocenters. The summed E-state index contributed by atoms with van der Waals surface area (Å²) in [4.78, 5) is 36.6. The number of amides is 1. The number of carboxylic acid groups (broad SMARTS) is 1. The number of hydrogen-bond donors (Lipinski definition) is 2. The third-order valence-electron chi connectivity index (χ3n) is 11.4. The molecule has 5 aromatic rings. The van der Waals surface area contributed by atoms with Gasteiger partial charge < -0.3 is 20.1 Å². The highest BCUT2D eigenvalue weighted by Gasteiger charge is 2.51. The first-order valence-electron chi connectivity index (χ1n) is 17.2. The molecule has 1 aliphatic heterocycles. The fourth-order valence-corrected chi connectivity index (χ4v) is 9.71. The Balaban J connectivity index is 0.976. The van der Waals surface area contributed by atoms with Crippen molar-refractivity contribution in [3.8, 4) is 17.0 Å². The number of nitrogens with one attached hydrogen (secondary N) is 1. The Kier molecular flexibility index (Phi) is 6.96. The molecule has 5 heterocycles. The monoisotopic (exact) mass is 658 g/mol. The van der Waals surface area contributed by atoms with Gasteiger partial charge in [-0.3, -0.25) is 9.48 Å². The molecule has 0 radical (unpaired) electrons. The van der Waals surface area contributed by atoms with Crippen LogP contribution >= 0.6 is 0 Å². The van der Waals surface area contributed by atoms with Crippen molar-refractivity contribution in [2.75, 3.05) is 16.8 Å². The number of benzene rings is 1. The summed E-state index contributed by atoms with van der Waals surface area (Å²) >= 11 is 0. The summed E-state index contributed by atoms with van der Waals surface area (Å²) in [6, 6.07) is 13.1. The van der Waals surface area contributed by atoms with Crippen LogP contribution in [0.25, 0.3) is 16.8 Å². The summed E-state index contributed by atoms with van der Waals surface area (Å²) in [5.41, 5.74) is 5.89. The first-order valence-corrected chi connectivity index (χ1v) is 17.2. The van der Waals surface area contributed by atoms with E-state index in [0.717, 1.165) is 46.7 Å². The van der Waals surface area contributed by atoms with Crippen LogP contribution in [-0.2, 0) is 19.5 Å². The molecule has 5 aliphatic rings. The lowest BCUT2D eigenvalue weighted by molar-refractivity contribution is -0.0638. The van der Waals surface area contributed by atoms with E-state index in [1.807, 2.05) is 42.6 Å². The Morgan fingerprint density at radius 2 is 1.78 bits per heavy atom. The number of carbonyl (C=O) groups is 2. The molecule has 4 aliphatic carbocycles. The number of fused-ring (bicyclic) bond motifs is 2. The van der Waals surface area contributed by atoms with Crippen molar-refractivity contribution in [1.82, 2.24) is 29.4 Å². The Morgan fingerprint density at radius 3 is 2.53 bits per heavy atom. The highest BCUT2D eigenvalue weighted by Crippen LogP contribution is 2.60. The Morgan fingerprint density at radius 1 is 0.980 bits per heavy atom. The van der Waals surface area contributed by atoms with E-state index in [-0.39, 0.29) is 11.8 Å². The molecular weight excluding hydrogens is 620 g/mol. The summed E-state index contributed by atoms with van der Waals surface area (Å²) < 4.78 is 9.05. The number of ether oxygens (including phenoxy) is 1. The zero-order valence-corrected chi connectivity index (χ0v) is 27.4. The fourth-order valence-electron chi connectivity index (χ4n) is 9.71. The largest absolute Gasteiger partial charge is 0.512 e. The molecule has 4 bridgehead atoms. The lowest BCUT2D eigenvalue weighted by atomic mass is 9.49. The zero-order valence-electron chi connectivity index (χ0n) is 27.4. The third kappa shape index (κ3) is 5.39. The van der Waals surface area contributed by atoms with E-state index in [0.29, 0.717) is 53.3 Å². The number of aromatic nitrogens is 6. The summed E-state index contributed by atoms with van der Waals surface area (Å²) in [6.07, 6.45) is 12.5. The minimum Gasteiger partial charge on any atom is -0.449 e. The van der Waals surface area contributed by atoms with E-state index in [9.17, 15) is 14.7 Å². The summed E-state index contributed by atoms with van der Waals surface area (Å²) in [6.45, 7) is 4.03. The Bertz CT molecular complexity index is 2050. The van der Waals surface area contributed by atoms with Crippen LogP contribution in [0.4, 0.5) is 16.4 Å². The number of anilines is 2. The third-order valence-corrected chi connectivity index (χ3v) is 11.4. The standard InChI is InChI=1S/C37H38N8O4/c1-22-29(18-39-45(22)21-37-15-23-12-24(16-37)14-25(13-23)17-37)28-7-8-32(42-35(28)49-36(47)48)43-11-9-26-4-2-5-27(30(26)19-43)34(46)41-31-20-44-33(40-31)6-3-10-38-44/h2-8,10,18,20,23-25H,9,11-17,19,21H2,1H3,(H,41,46)(H,47,48). The van der Waals surface area contributed by atoms with E-state index < -0.39 is 6.16 Å². The number of pyridine rings is 1. The molecule has 49 heavy (non-hydrogen) atoms. The maximum atomic E-state index is 13.5. The van der Waals surface area contributed by atoms with Gasteiger partial charge >= 0.3 is 6.16 Å². The van der Waals surface area contributed by atoms with Crippen LogP contribution < -0.4 is 15.0 Å². The number of hydrogen-bond acceptors (Lipinski definition) is 8. The lowest BCUT2D eigenvalue weighted by Crippen LogP contribution is -2.48. The second-order valence-corrected chi connectivity index (χ2v) is 14.6. The van der Waals surface area contributed by atoms with E-state index in [4.69, 9.17) is 14.8 Å². The van der Waals surface area contributed by atoms with Crippen LogP contribution in [0.15, 0.2) is 61.1 Å². The summed E-state index contributed by atoms with van der Waals surface area (Å²) in [5, 5.41) is 21.7. The second kappa shape index (κ2) is 11.4. The molecule has 12 heteroatoms. The van der Waals surface area contributed by atoms with Crippen molar-refractivity contribution in [2.24, 2.45) is 23.2 Å². The first-order chi connectivity index (χ1) is 23.8. The van der Waals surface area contributed by atoms with Crippen molar-refractivity contribution in [3.63, 3.8) is 0 Å². The molecule has 4 aromatic heterocycles.